The molecule has 1 aromatic rings. The molecule has 0 bridgehead atoms. The van der Waals surface area contributed by atoms with Gasteiger partial charge in [-0.25, -0.2) is 4.39 Å². The average Bonchev–Trinajstić information content (AvgIpc) is 2.10. The van der Waals surface area contributed by atoms with Crippen molar-refractivity contribution in [2.45, 2.75) is 13.0 Å². The van der Waals surface area contributed by atoms with E-state index in [1.807, 2.05) is 6.92 Å². The maximum absolute atomic E-state index is 12.9. The fraction of sp³-hybridized carbons (Fsp3) is 0.333. The minimum Gasteiger partial charge on any atom is -0.508 e. The van der Waals surface area contributed by atoms with Gasteiger partial charge in [0, 0.05) is 17.7 Å². The molecular formula is C9H11BrFNO. The summed E-state index contributed by atoms with van der Waals surface area (Å²) in [5.74, 6) is -0.480. The van der Waals surface area contributed by atoms with Crippen LogP contribution in [-0.2, 0) is 0 Å². The molecule has 0 aromatic heterocycles. The molecule has 0 radical (unpaired) electrons. The van der Waals surface area contributed by atoms with Crippen molar-refractivity contribution in [2.75, 3.05) is 7.05 Å². The smallest absolute Gasteiger partial charge is 0.141 e. The van der Waals surface area contributed by atoms with Crippen molar-refractivity contribution >= 4 is 15.9 Å². The molecule has 0 heterocycles. The van der Waals surface area contributed by atoms with Crippen molar-refractivity contribution in [3.63, 3.8) is 0 Å². The third kappa shape index (κ3) is 2.19. The monoisotopic (exact) mass is 247 g/mol. The van der Waals surface area contributed by atoms with E-state index in [1.165, 1.54) is 0 Å². The van der Waals surface area contributed by atoms with E-state index in [2.05, 4.69) is 21.2 Å². The molecule has 0 saturated heterocycles. The number of phenols is 1. The van der Waals surface area contributed by atoms with Crippen molar-refractivity contribution in [1.82, 2.24) is 5.32 Å². The van der Waals surface area contributed by atoms with Crippen LogP contribution in [0.1, 0.15) is 18.5 Å². The quantitative estimate of drug-likeness (QED) is 0.843. The minimum absolute atomic E-state index is 0.00287. The normalized spacial score (nSPS) is 12.9. The number of halogens is 2. The van der Waals surface area contributed by atoms with Gasteiger partial charge >= 0.3 is 0 Å². The predicted octanol–water partition coefficient (Wildman–Crippen LogP) is 2.57. The lowest BCUT2D eigenvalue weighted by atomic mass is 10.1. The van der Waals surface area contributed by atoms with Gasteiger partial charge in [-0.3, -0.25) is 0 Å². The molecule has 72 valence electrons. The molecule has 1 rings (SSSR count). The van der Waals surface area contributed by atoms with Gasteiger partial charge in [0.1, 0.15) is 11.6 Å². The molecule has 0 spiro atoms. The van der Waals surface area contributed by atoms with E-state index >= 15 is 0 Å². The summed E-state index contributed by atoms with van der Waals surface area (Å²) in [7, 11) is 1.78. The van der Waals surface area contributed by atoms with E-state index in [0.717, 1.165) is 6.07 Å². The molecule has 13 heavy (non-hydrogen) atoms. The molecule has 0 fully saturated rings. The zero-order valence-corrected chi connectivity index (χ0v) is 9.02. The van der Waals surface area contributed by atoms with Crippen LogP contribution < -0.4 is 5.32 Å². The Labute approximate surface area is 84.9 Å². The van der Waals surface area contributed by atoms with E-state index in [1.54, 1.807) is 13.1 Å². The van der Waals surface area contributed by atoms with Crippen LogP contribution >= 0.6 is 15.9 Å². The van der Waals surface area contributed by atoms with Crippen LogP contribution in [0.15, 0.2) is 16.6 Å². The van der Waals surface area contributed by atoms with Crippen molar-refractivity contribution in [1.29, 1.82) is 0 Å². The highest BCUT2D eigenvalue weighted by Crippen LogP contribution is 2.29. The summed E-state index contributed by atoms with van der Waals surface area (Å²) in [5.41, 5.74) is 0.677. The first-order valence-electron chi connectivity index (χ1n) is 3.91. The zero-order valence-electron chi connectivity index (χ0n) is 7.44. The standard InChI is InChI=1S/C9H11BrFNO/c1-5(12-2)6-3-7(10)8(11)4-9(6)13/h3-5,12-13H,1-2H3. The summed E-state index contributed by atoms with van der Waals surface area (Å²) in [6.45, 7) is 1.89. The van der Waals surface area contributed by atoms with Crippen LogP contribution in [0.3, 0.4) is 0 Å². The summed E-state index contributed by atoms with van der Waals surface area (Å²) in [5, 5.41) is 12.4. The Balaban J connectivity index is 3.15. The molecule has 0 aliphatic rings. The third-order valence-corrected chi connectivity index (χ3v) is 2.58. The highest BCUT2D eigenvalue weighted by molar-refractivity contribution is 9.10. The summed E-state index contributed by atoms with van der Waals surface area (Å²) in [6, 6.07) is 2.68. The Morgan fingerprint density at radius 2 is 2.15 bits per heavy atom. The third-order valence-electron chi connectivity index (χ3n) is 1.97. The Morgan fingerprint density at radius 1 is 1.54 bits per heavy atom. The first-order chi connectivity index (χ1) is 6.06. The van der Waals surface area contributed by atoms with Gasteiger partial charge in [0.05, 0.1) is 4.47 Å². The van der Waals surface area contributed by atoms with E-state index in [9.17, 15) is 9.50 Å². The number of rotatable bonds is 2. The Bertz CT molecular complexity index is 317. The van der Waals surface area contributed by atoms with Gasteiger partial charge < -0.3 is 10.4 Å². The van der Waals surface area contributed by atoms with Crippen molar-refractivity contribution in [2.24, 2.45) is 0 Å². The summed E-state index contributed by atoms with van der Waals surface area (Å²) in [6.07, 6.45) is 0. The van der Waals surface area contributed by atoms with Gasteiger partial charge in [-0.2, -0.15) is 0 Å². The van der Waals surface area contributed by atoms with Crippen LogP contribution in [0.2, 0.25) is 0 Å². The predicted molar refractivity (Wildman–Crippen MR) is 53.2 cm³/mol. The van der Waals surface area contributed by atoms with Crippen LogP contribution in [0.25, 0.3) is 0 Å². The molecule has 0 aliphatic heterocycles. The van der Waals surface area contributed by atoms with E-state index < -0.39 is 5.82 Å². The number of hydrogen-bond donors (Lipinski definition) is 2. The molecule has 1 aromatic carbocycles. The minimum atomic E-state index is -0.454. The van der Waals surface area contributed by atoms with Gasteiger partial charge in [0.2, 0.25) is 0 Å². The van der Waals surface area contributed by atoms with Gasteiger partial charge in [-0.15, -0.1) is 0 Å². The number of benzene rings is 1. The van der Waals surface area contributed by atoms with Gasteiger partial charge in [-0.1, -0.05) is 0 Å². The first kappa shape index (κ1) is 10.5. The Kier molecular flexibility index (Phi) is 3.27. The topological polar surface area (TPSA) is 32.3 Å². The van der Waals surface area contributed by atoms with Crippen LogP contribution in [0, 0.1) is 5.82 Å². The van der Waals surface area contributed by atoms with Crippen molar-refractivity contribution < 1.29 is 9.50 Å². The number of nitrogens with one attached hydrogen (secondary N) is 1. The lowest BCUT2D eigenvalue weighted by molar-refractivity contribution is 0.451. The summed E-state index contributed by atoms with van der Waals surface area (Å²) in [4.78, 5) is 0. The fourth-order valence-electron chi connectivity index (χ4n) is 1.05. The molecule has 0 amide bonds. The average molecular weight is 248 g/mol. The highest BCUT2D eigenvalue weighted by Gasteiger charge is 2.11. The number of phenolic OH excluding ortho intramolecular Hbond substituents is 1. The lowest BCUT2D eigenvalue weighted by Gasteiger charge is -2.12. The second-order valence-electron chi connectivity index (χ2n) is 2.84. The maximum atomic E-state index is 12.9. The molecule has 2 nitrogen and oxygen atoms in total. The number of aromatic hydroxyl groups is 1. The van der Waals surface area contributed by atoms with Crippen LogP contribution in [0.4, 0.5) is 4.39 Å². The molecule has 2 N–H and O–H groups in total. The first-order valence-corrected chi connectivity index (χ1v) is 4.70. The highest BCUT2D eigenvalue weighted by atomic mass is 79.9. The van der Waals surface area contributed by atoms with Crippen molar-refractivity contribution in [3.8, 4) is 5.75 Å². The van der Waals surface area contributed by atoms with Gasteiger partial charge in [0.15, 0.2) is 0 Å². The molecule has 1 atom stereocenters. The largest absolute Gasteiger partial charge is 0.508 e. The zero-order chi connectivity index (χ0) is 10.0. The van der Waals surface area contributed by atoms with Crippen LogP contribution in [-0.4, -0.2) is 12.2 Å². The SMILES string of the molecule is CNC(C)c1cc(Br)c(F)cc1O. The van der Waals surface area contributed by atoms with E-state index in [0.29, 0.717) is 10.0 Å². The number of hydrogen-bond acceptors (Lipinski definition) is 2. The second-order valence-corrected chi connectivity index (χ2v) is 3.69. The van der Waals surface area contributed by atoms with Crippen molar-refractivity contribution in [3.05, 3.63) is 28.0 Å². The summed E-state index contributed by atoms with van der Waals surface area (Å²) >= 11 is 3.06. The molecular weight excluding hydrogens is 237 g/mol. The van der Waals surface area contributed by atoms with E-state index in [4.69, 9.17) is 0 Å². The van der Waals surface area contributed by atoms with E-state index in [-0.39, 0.29) is 11.8 Å². The fourth-order valence-corrected chi connectivity index (χ4v) is 1.42. The maximum Gasteiger partial charge on any atom is 0.141 e. The van der Waals surface area contributed by atoms with Gasteiger partial charge in [-0.05, 0) is 36.0 Å². The molecule has 0 aliphatic carbocycles. The Morgan fingerprint density at radius 3 is 2.69 bits per heavy atom. The molecule has 1 unspecified atom stereocenters. The van der Waals surface area contributed by atoms with Gasteiger partial charge in [0.25, 0.3) is 0 Å². The second kappa shape index (κ2) is 4.07. The summed E-state index contributed by atoms with van der Waals surface area (Å²) < 4.78 is 13.3. The molecule has 4 heteroatoms. The molecule has 0 saturated carbocycles. The lowest BCUT2D eigenvalue weighted by Crippen LogP contribution is -2.12. The van der Waals surface area contributed by atoms with Crippen LogP contribution in [0.5, 0.6) is 5.75 Å². The Hall–Kier alpha value is -0.610.